The summed E-state index contributed by atoms with van der Waals surface area (Å²) in [5, 5.41) is 22.7. The Labute approximate surface area is 175 Å². The molecule has 2 aliphatic rings. The van der Waals surface area contributed by atoms with Crippen molar-refractivity contribution in [2.24, 2.45) is 0 Å². The standard InChI is InChI=1S/C22H17BrClNO3/c23-14-8-6-13(7-9-14)19-16(24)11-17-20(25-19)22(27)18(26)10-15(21(22)28-17)12-4-2-1-3-5-12/h1-9,11,15,18,21,26-27H,10H2. The molecule has 6 heteroatoms. The van der Waals surface area contributed by atoms with Gasteiger partial charge >= 0.3 is 0 Å². The number of hydrogen-bond donors (Lipinski definition) is 2. The van der Waals surface area contributed by atoms with Crippen LogP contribution in [0, 0.1) is 0 Å². The van der Waals surface area contributed by atoms with Gasteiger partial charge in [0.2, 0.25) is 0 Å². The number of hydrogen-bond acceptors (Lipinski definition) is 4. The molecule has 2 N–H and O–H groups in total. The summed E-state index contributed by atoms with van der Waals surface area (Å²) >= 11 is 9.90. The highest BCUT2D eigenvalue weighted by molar-refractivity contribution is 9.10. The van der Waals surface area contributed by atoms with Gasteiger partial charge < -0.3 is 14.9 Å². The third-order valence-corrected chi connectivity index (χ3v) is 6.52. The molecule has 0 spiro atoms. The van der Waals surface area contributed by atoms with Crippen molar-refractivity contribution in [3.05, 3.63) is 81.4 Å². The van der Waals surface area contributed by atoms with E-state index in [0.717, 1.165) is 15.6 Å². The fourth-order valence-electron chi connectivity index (χ4n) is 4.31. The summed E-state index contributed by atoms with van der Waals surface area (Å²) in [6, 6.07) is 19.1. The van der Waals surface area contributed by atoms with Crippen LogP contribution >= 0.6 is 27.5 Å². The van der Waals surface area contributed by atoms with Crippen molar-refractivity contribution in [3.8, 4) is 17.0 Å². The molecule has 0 bridgehead atoms. The number of nitrogens with zero attached hydrogens (tertiary/aromatic N) is 1. The Morgan fingerprint density at radius 3 is 2.54 bits per heavy atom. The van der Waals surface area contributed by atoms with Crippen LogP contribution in [0.1, 0.15) is 23.6 Å². The first kappa shape index (κ1) is 18.1. The van der Waals surface area contributed by atoms with Crippen molar-refractivity contribution in [3.63, 3.8) is 0 Å². The number of aromatic nitrogens is 1. The van der Waals surface area contributed by atoms with Crippen molar-refractivity contribution < 1.29 is 14.9 Å². The quantitative estimate of drug-likeness (QED) is 0.586. The molecule has 142 valence electrons. The van der Waals surface area contributed by atoms with Crippen LogP contribution in [0.2, 0.25) is 5.02 Å². The van der Waals surface area contributed by atoms with Gasteiger partial charge in [0.1, 0.15) is 17.5 Å². The van der Waals surface area contributed by atoms with Crippen molar-refractivity contribution in [1.82, 2.24) is 4.98 Å². The van der Waals surface area contributed by atoms with Gasteiger partial charge in [-0.2, -0.15) is 0 Å². The lowest BCUT2D eigenvalue weighted by molar-refractivity contribution is -0.0932. The van der Waals surface area contributed by atoms with E-state index < -0.39 is 17.8 Å². The first-order valence-electron chi connectivity index (χ1n) is 9.07. The van der Waals surface area contributed by atoms with Gasteiger partial charge in [-0.3, -0.25) is 0 Å². The average molecular weight is 459 g/mol. The molecule has 4 atom stereocenters. The van der Waals surface area contributed by atoms with Crippen molar-refractivity contribution in [2.75, 3.05) is 0 Å². The van der Waals surface area contributed by atoms with E-state index in [4.69, 9.17) is 16.3 Å². The van der Waals surface area contributed by atoms with E-state index in [2.05, 4.69) is 20.9 Å². The summed E-state index contributed by atoms with van der Waals surface area (Å²) in [6.45, 7) is 0. The van der Waals surface area contributed by atoms with Crippen molar-refractivity contribution >= 4 is 27.5 Å². The smallest absolute Gasteiger partial charge is 0.173 e. The van der Waals surface area contributed by atoms with Gasteiger partial charge in [-0.25, -0.2) is 4.98 Å². The van der Waals surface area contributed by atoms with E-state index in [0.29, 0.717) is 28.6 Å². The van der Waals surface area contributed by atoms with Crippen molar-refractivity contribution in [2.45, 2.75) is 30.1 Å². The highest BCUT2D eigenvalue weighted by Gasteiger charge is 2.62. The zero-order chi connectivity index (χ0) is 19.5. The minimum Gasteiger partial charge on any atom is -0.484 e. The molecule has 1 aliphatic heterocycles. The van der Waals surface area contributed by atoms with Crippen LogP contribution in [0.3, 0.4) is 0 Å². The molecule has 28 heavy (non-hydrogen) atoms. The second-order valence-corrected chi connectivity index (χ2v) is 8.63. The molecular formula is C22H17BrClNO3. The lowest BCUT2D eigenvalue weighted by Crippen LogP contribution is -2.43. The fraction of sp³-hybridized carbons (Fsp3) is 0.227. The molecule has 3 aromatic rings. The van der Waals surface area contributed by atoms with E-state index in [1.807, 2.05) is 54.6 Å². The summed E-state index contributed by atoms with van der Waals surface area (Å²) in [5.74, 6) is 0.295. The second kappa shape index (κ2) is 6.56. The van der Waals surface area contributed by atoms with Crippen LogP contribution < -0.4 is 4.74 Å². The molecule has 1 aliphatic carbocycles. The number of aliphatic hydroxyl groups excluding tert-OH is 1. The number of rotatable bonds is 2. The molecule has 5 rings (SSSR count). The summed E-state index contributed by atoms with van der Waals surface area (Å²) in [4.78, 5) is 4.66. The van der Waals surface area contributed by atoms with E-state index in [9.17, 15) is 10.2 Å². The lowest BCUT2D eigenvalue weighted by Gasteiger charge is -2.26. The molecule has 0 radical (unpaired) electrons. The Morgan fingerprint density at radius 2 is 1.82 bits per heavy atom. The van der Waals surface area contributed by atoms with E-state index in [-0.39, 0.29) is 5.92 Å². The van der Waals surface area contributed by atoms with Crippen LogP contribution in [-0.4, -0.2) is 27.4 Å². The predicted molar refractivity (Wildman–Crippen MR) is 111 cm³/mol. The van der Waals surface area contributed by atoms with Gasteiger partial charge in [-0.1, -0.05) is 70.0 Å². The average Bonchev–Trinajstić information content (AvgIpc) is 3.12. The molecule has 4 unspecified atom stereocenters. The number of benzene rings is 2. The van der Waals surface area contributed by atoms with Gasteiger partial charge in [0.05, 0.1) is 16.8 Å². The van der Waals surface area contributed by atoms with Crippen LogP contribution in [0.5, 0.6) is 5.75 Å². The Balaban J connectivity index is 1.61. The zero-order valence-corrected chi connectivity index (χ0v) is 17.1. The SMILES string of the molecule is OC1CC(c2ccccc2)C2Oc3cc(Cl)c(-c4ccc(Br)cc4)nc3C12O. The first-order valence-corrected chi connectivity index (χ1v) is 10.2. The van der Waals surface area contributed by atoms with Crippen LogP contribution in [0.15, 0.2) is 65.1 Å². The molecule has 2 aromatic carbocycles. The minimum atomic E-state index is -1.56. The highest BCUT2D eigenvalue weighted by Crippen LogP contribution is 2.55. The topological polar surface area (TPSA) is 62.6 Å². The maximum absolute atomic E-state index is 11.5. The summed E-state index contributed by atoms with van der Waals surface area (Å²) in [6.07, 6.45) is -1.18. The van der Waals surface area contributed by atoms with Gasteiger partial charge in [-0.15, -0.1) is 0 Å². The maximum atomic E-state index is 11.5. The lowest BCUT2D eigenvalue weighted by atomic mass is 9.90. The Hall–Kier alpha value is -1.92. The molecule has 1 saturated carbocycles. The number of ether oxygens (including phenoxy) is 1. The zero-order valence-electron chi connectivity index (χ0n) is 14.7. The molecule has 4 nitrogen and oxygen atoms in total. The first-order chi connectivity index (χ1) is 13.5. The van der Waals surface area contributed by atoms with E-state index in [1.54, 1.807) is 6.07 Å². The van der Waals surface area contributed by atoms with Gasteiger partial charge in [0, 0.05) is 22.0 Å². The molecule has 0 amide bonds. The van der Waals surface area contributed by atoms with Gasteiger partial charge in [0.25, 0.3) is 0 Å². The normalized spacial score (nSPS) is 27.9. The van der Waals surface area contributed by atoms with Gasteiger partial charge in [0.15, 0.2) is 5.60 Å². The van der Waals surface area contributed by atoms with Crippen LogP contribution in [0.25, 0.3) is 11.3 Å². The third-order valence-electron chi connectivity index (χ3n) is 5.70. The summed E-state index contributed by atoms with van der Waals surface area (Å²) < 4.78 is 7.05. The fourth-order valence-corrected chi connectivity index (χ4v) is 4.83. The number of aliphatic hydroxyl groups is 2. The molecular weight excluding hydrogens is 442 g/mol. The molecule has 0 saturated heterocycles. The highest BCUT2D eigenvalue weighted by atomic mass is 79.9. The summed E-state index contributed by atoms with van der Waals surface area (Å²) in [7, 11) is 0. The molecule has 1 aromatic heterocycles. The Morgan fingerprint density at radius 1 is 1.11 bits per heavy atom. The Bertz CT molecular complexity index is 1040. The maximum Gasteiger partial charge on any atom is 0.173 e. The van der Waals surface area contributed by atoms with Crippen molar-refractivity contribution in [1.29, 1.82) is 0 Å². The molecule has 2 heterocycles. The second-order valence-electron chi connectivity index (χ2n) is 7.30. The third kappa shape index (κ3) is 2.61. The predicted octanol–water partition coefficient (Wildman–Crippen LogP) is 4.66. The largest absolute Gasteiger partial charge is 0.484 e. The van der Waals surface area contributed by atoms with E-state index in [1.165, 1.54) is 0 Å². The van der Waals surface area contributed by atoms with Crippen LogP contribution in [0.4, 0.5) is 0 Å². The van der Waals surface area contributed by atoms with Crippen LogP contribution in [-0.2, 0) is 5.60 Å². The van der Waals surface area contributed by atoms with E-state index >= 15 is 0 Å². The summed E-state index contributed by atoms with van der Waals surface area (Å²) in [5.41, 5.74) is 1.20. The monoisotopic (exact) mass is 457 g/mol. The minimum absolute atomic E-state index is 0.134. The van der Waals surface area contributed by atoms with Gasteiger partial charge in [-0.05, 0) is 24.1 Å². The number of fused-ring (bicyclic) bond motifs is 3. The number of pyridine rings is 1. The Kier molecular flexibility index (Phi) is 4.25. The molecule has 1 fully saturated rings. The number of halogens is 2.